The highest BCUT2D eigenvalue weighted by Crippen LogP contribution is 2.13. The van der Waals surface area contributed by atoms with Crippen LogP contribution in [0.5, 0.6) is 0 Å². The molecule has 0 atom stereocenters. The van der Waals surface area contributed by atoms with Crippen LogP contribution in [0, 0.1) is 3.83 Å². The van der Waals surface area contributed by atoms with Gasteiger partial charge < -0.3 is 0 Å². The lowest BCUT2D eigenvalue weighted by molar-refractivity contribution is 1.10. The Hall–Kier alpha value is -1.04. The van der Waals surface area contributed by atoms with Crippen LogP contribution in [0.1, 0.15) is 0 Å². The van der Waals surface area contributed by atoms with Crippen molar-refractivity contribution in [3.05, 3.63) is 40.6 Å². The van der Waals surface area contributed by atoms with Crippen LogP contribution in [-0.2, 0) is 0 Å². The molecule has 2 heterocycles. The molecule has 0 saturated carbocycles. The number of pyridine rings is 1. The summed E-state index contributed by atoms with van der Waals surface area (Å²) in [4.78, 5) is 12.4. The van der Waals surface area contributed by atoms with Gasteiger partial charge in [-0.15, -0.1) is 0 Å². The average Bonchev–Trinajstić information content (AvgIpc) is 2.20. The van der Waals surface area contributed by atoms with Crippen LogP contribution in [0.15, 0.2) is 36.8 Å². The lowest BCUT2D eigenvalue weighted by atomic mass is 10.2. The molecule has 0 aliphatic rings. The molecule has 0 aromatic carbocycles. The maximum absolute atomic E-state index is 4.20. The zero-order valence-electron chi connectivity index (χ0n) is 6.68. The lowest BCUT2D eigenvalue weighted by Gasteiger charge is -1.97. The highest BCUT2D eigenvalue weighted by molar-refractivity contribution is 14.1. The van der Waals surface area contributed by atoms with E-state index in [4.69, 9.17) is 0 Å². The number of nitrogens with zero attached hydrogens (tertiary/aromatic N) is 3. The number of aromatic nitrogens is 3. The van der Waals surface area contributed by atoms with Crippen LogP contribution in [-0.4, -0.2) is 15.0 Å². The fourth-order valence-electron chi connectivity index (χ4n) is 0.978. The van der Waals surface area contributed by atoms with Gasteiger partial charge in [0.2, 0.25) is 0 Å². The number of hydrogen-bond acceptors (Lipinski definition) is 3. The van der Waals surface area contributed by atoms with Gasteiger partial charge in [-0.3, -0.25) is 4.98 Å². The third kappa shape index (κ3) is 2.00. The van der Waals surface area contributed by atoms with E-state index < -0.39 is 0 Å². The Morgan fingerprint density at radius 2 is 1.77 bits per heavy atom. The summed E-state index contributed by atoms with van der Waals surface area (Å²) >= 11 is 2.07. The van der Waals surface area contributed by atoms with E-state index in [9.17, 15) is 0 Å². The molecule has 0 aliphatic carbocycles. The highest BCUT2D eigenvalue weighted by atomic mass is 127. The first-order valence-electron chi connectivity index (χ1n) is 3.75. The Labute approximate surface area is 89.4 Å². The van der Waals surface area contributed by atoms with Crippen molar-refractivity contribution in [2.45, 2.75) is 0 Å². The molecule has 4 heteroatoms. The lowest BCUT2D eigenvalue weighted by Crippen LogP contribution is -1.88. The van der Waals surface area contributed by atoms with Gasteiger partial charge in [0.1, 0.15) is 0 Å². The van der Waals surface area contributed by atoms with Gasteiger partial charge in [-0.25, -0.2) is 9.97 Å². The monoisotopic (exact) mass is 283 g/mol. The minimum atomic E-state index is 0.747. The minimum absolute atomic E-state index is 0.747. The fourth-order valence-corrected chi connectivity index (χ4v) is 1.26. The molecule has 2 rings (SSSR count). The molecule has 0 bridgehead atoms. The standard InChI is InChI=1S/C9H6IN3/c10-9-12-5-7(6-13-9)8-3-1-2-4-11-8/h1-6H. The maximum Gasteiger partial charge on any atom is 0.190 e. The topological polar surface area (TPSA) is 38.7 Å². The van der Waals surface area contributed by atoms with E-state index >= 15 is 0 Å². The van der Waals surface area contributed by atoms with Crippen LogP contribution in [0.2, 0.25) is 0 Å². The summed E-state index contributed by atoms with van der Waals surface area (Å²) in [5.41, 5.74) is 1.85. The third-order valence-electron chi connectivity index (χ3n) is 1.58. The Balaban J connectivity index is 2.42. The molecule has 0 aliphatic heterocycles. The number of hydrogen-bond donors (Lipinski definition) is 0. The van der Waals surface area contributed by atoms with Crippen LogP contribution in [0.4, 0.5) is 0 Å². The smallest absolute Gasteiger partial charge is 0.190 e. The summed E-state index contributed by atoms with van der Waals surface area (Å²) in [6.45, 7) is 0. The van der Waals surface area contributed by atoms with Crippen molar-refractivity contribution in [3.8, 4) is 11.3 Å². The van der Waals surface area contributed by atoms with Crippen LogP contribution in [0.3, 0.4) is 0 Å². The molecule has 13 heavy (non-hydrogen) atoms. The second kappa shape index (κ2) is 3.78. The average molecular weight is 283 g/mol. The minimum Gasteiger partial charge on any atom is -0.256 e. The van der Waals surface area contributed by atoms with E-state index in [-0.39, 0.29) is 0 Å². The van der Waals surface area contributed by atoms with Crippen molar-refractivity contribution in [1.82, 2.24) is 15.0 Å². The molecule has 0 spiro atoms. The fraction of sp³-hybridized carbons (Fsp3) is 0. The van der Waals surface area contributed by atoms with Crippen molar-refractivity contribution in [2.75, 3.05) is 0 Å². The Morgan fingerprint density at radius 3 is 2.38 bits per heavy atom. The molecule has 0 unspecified atom stereocenters. The summed E-state index contributed by atoms with van der Waals surface area (Å²) in [7, 11) is 0. The third-order valence-corrected chi connectivity index (χ3v) is 2.14. The molecule has 2 aromatic rings. The summed E-state index contributed by atoms with van der Waals surface area (Å²) in [6, 6.07) is 5.77. The van der Waals surface area contributed by atoms with E-state index in [1.165, 1.54) is 0 Å². The first-order valence-corrected chi connectivity index (χ1v) is 4.83. The first kappa shape index (κ1) is 8.55. The van der Waals surface area contributed by atoms with Crippen LogP contribution < -0.4 is 0 Å². The van der Waals surface area contributed by atoms with Gasteiger partial charge >= 0.3 is 0 Å². The first-order chi connectivity index (χ1) is 6.36. The van der Waals surface area contributed by atoms with Crippen LogP contribution >= 0.6 is 22.6 Å². The Kier molecular flexibility index (Phi) is 2.49. The zero-order chi connectivity index (χ0) is 9.10. The summed E-state index contributed by atoms with van der Waals surface area (Å²) in [5.74, 6) is 0. The summed E-state index contributed by atoms with van der Waals surface area (Å²) in [5, 5.41) is 0. The second-order valence-corrected chi connectivity index (χ2v) is 3.42. The second-order valence-electron chi connectivity index (χ2n) is 2.46. The molecule has 0 amide bonds. The normalized spacial score (nSPS) is 9.92. The van der Waals surface area contributed by atoms with Gasteiger partial charge in [0, 0.05) is 46.7 Å². The van der Waals surface area contributed by atoms with E-state index in [1.54, 1.807) is 18.6 Å². The summed E-state index contributed by atoms with van der Waals surface area (Å²) < 4.78 is 0.747. The van der Waals surface area contributed by atoms with Crippen molar-refractivity contribution in [1.29, 1.82) is 0 Å². The number of halogens is 1. The van der Waals surface area contributed by atoms with Gasteiger partial charge in [-0.1, -0.05) is 6.07 Å². The van der Waals surface area contributed by atoms with Crippen molar-refractivity contribution in [3.63, 3.8) is 0 Å². The molecule has 3 nitrogen and oxygen atoms in total. The molecule has 0 radical (unpaired) electrons. The van der Waals surface area contributed by atoms with Gasteiger partial charge in [0.05, 0.1) is 5.69 Å². The predicted octanol–water partition coefficient (Wildman–Crippen LogP) is 2.14. The van der Waals surface area contributed by atoms with Crippen molar-refractivity contribution in [2.24, 2.45) is 0 Å². The van der Waals surface area contributed by atoms with E-state index in [0.717, 1.165) is 15.1 Å². The largest absolute Gasteiger partial charge is 0.256 e. The molecule has 0 saturated heterocycles. The van der Waals surface area contributed by atoms with Crippen molar-refractivity contribution < 1.29 is 0 Å². The predicted molar refractivity (Wildman–Crippen MR) is 58.0 cm³/mol. The van der Waals surface area contributed by atoms with E-state index in [2.05, 4.69) is 37.5 Å². The molecule has 0 fully saturated rings. The van der Waals surface area contributed by atoms with Crippen molar-refractivity contribution >= 4 is 22.6 Å². The van der Waals surface area contributed by atoms with Gasteiger partial charge in [-0.2, -0.15) is 0 Å². The number of rotatable bonds is 1. The molecule has 2 aromatic heterocycles. The van der Waals surface area contributed by atoms with Crippen LogP contribution in [0.25, 0.3) is 11.3 Å². The molecular formula is C9H6IN3. The highest BCUT2D eigenvalue weighted by Gasteiger charge is 1.98. The van der Waals surface area contributed by atoms with E-state index in [1.807, 2.05) is 18.2 Å². The van der Waals surface area contributed by atoms with Gasteiger partial charge in [0.15, 0.2) is 3.83 Å². The molecular weight excluding hydrogens is 277 g/mol. The Morgan fingerprint density at radius 1 is 1.00 bits per heavy atom. The maximum atomic E-state index is 4.20. The van der Waals surface area contributed by atoms with E-state index in [0.29, 0.717) is 0 Å². The quantitative estimate of drug-likeness (QED) is 0.594. The zero-order valence-corrected chi connectivity index (χ0v) is 8.84. The molecule has 64 valence electrons. The summed E-state index contributed by atoms with van der Waals surface area (Å²) in [6.07, 6.45) is 5.31. The van der Waals surface area contributed by atoms with Gasteiger partial charge in [0.25, 0.3) is 0 Å². The molecule has 0 N–H and O–H groups in total. The Bertz CT molecular complexity index is 385. The van der Waals surface area contributed by atoms with Gasteiger partial charge in [-0.05, 0) is 12.1 Å². The SMILES string of the molecule is Ic1ncc(-c2ccccn2)cn1.